The average molecular weight is 473 g/mol. The van der Waals surface area contributed by atoms with Crippen LogP contribution in [0.3, 0.4) is 0 Å². The molecule has 4 aromatic rings. The average Bonchev–Trinajstić information content (AvgIpc) is 3.35. The van der Waals surface area contributed by atoms with E-state index in [1.165, 1.54) is 19.1 Å². The predicted octanol–water partition coefficient (Wildman–Crippen LogP) is 5.99. The summed E-state index contributed by atoms with van der Waals surface area (Å²) < 4.78 is 44.7. The lowest BCUT2D eigenvalue weighted by atomic mass is 10.1. The van der Waals surface area contributed by atoms with E-state index in [0.29, 0.717) is 17.0 Å². The zero-order valence-corrected chi connectivity index (χ0v) is 18.4. The van der Waals surface area contributed by atoms with Crippen molar-refractivity contribution in [3.05, 3.63) is 76.4 Å². The highest BCUT2D eigenvalue weighted by molar-refractivity contribution is 7.14. The number of thiazole rings is 1. The number of nitrogens with one attached hydrogen (secondary N) is 1. The van der Waals surface area contributed by atoms with Crippen molar-refractivity contribution in [2.75, 3.05) is 4.90 Å². The first-order valence-corrected chi connectivity index (χ1v) is 10.7. The van der Waals surface area contributed by atoms with Gasteiger partial charge in [-0.3, -0.25) is 9.69 Å². The summed E-state index contributed by atoms with van der Waals surface area (Å²) in [6.45, 7) is 2.86. The van der Waals surface area contributed by atoms with E-state index < -0.39 is 23.6 Å². The Morgan fingerprint density at radius 2 is 1.91 bits per heavy atom. The number of H-pyrrole nitrogens is 1. The minimum absolute atomic E-state index is 0.0460. The van der Waals surface area contributed by atoms with Crippen molar-refractivity contribution >= 4 is 44.9 Å². The van der Waals surface area contributed by atoms with Crippen molar-refractivity contribution in [3.63, 3.8) is 0 Å². The number of aromatic amines is 1. The number of amides is 1. The van der Waals surface area contributed by atoms with Crippen LogP contribution in [0.15, 0.2) is 53.9 Å². The number of halogens is 3. The number of nitrogens with zero attached hydrogens (tertiary/aromatic N) is 2. The minimum Gasteiger partial charge on any atom is -0.455 e. The van der Waals surface area contributed by atoms with Crippen molar-refractivity contribution < 1.29 is 27.5 Å². The van der Waals surface area contributed by atoms with Gasteiger partial charge in [-0.1, -0.05) is 24.3 Å². The molecule has 1 amide bonds. The van der Waals surface area contributed by atoms with Crippen LogP contribution in [0.5, 0.6) is 0 Å². The third-order valence-corrected chi connectivity index (χ3v) is 5.80. The number of anilines is 2. The number of rotatable bonds is 5. The first kappa shape index (κ1) is 22.5. The van der Waals surface area contributed by atoms with Gasteiger partial charge in [0.2, 0.25) is 5.91 Å². The van der Waals surface area contributed by atoms with Crippen molar-refractivity contribution in [1.82, 2.24) is 9.97 Å². The van der Waals surface area contributed by atoms with E-state index in [4.69, 9.17) is 4.74 Å². The number of carbonyl (C=O) groups excluding carboxylic acids is 2. The van der Waals surface area contributed by atoms with Crippen LogP contribution in [-0.4, -0.2) is 21.8 Å². The second-order valence-corrected chi connectivity index (χ2v) is 8.11. The normalized spacial score (nSPS) is 11.5. The number of esters is 1. The predicted molar refractivity (Wildman–Crippen MR) is 119 cm³/mol. The van der Waals surface area contributed by atoms with Crippen LogP contribution in [0.25, 0.3) is 10.9 Å². The van der Waals surface area contributed by atoms with Crippen LogP contribution in [-0.2, 0) is 22.3 Å². The molecule has 2 aromatic heterocycles. The SMILES string of the molecule is CC(=O)N(c1cccc(C(F)(F)F)c1)c1nc(COC(=O)c2c(C)[nH]c3ccccc23)cs1. The molecule has 0 saturated carbocycles. The summed E-state index contributed by atoms with van der Waals surface area (Å²) in [6, 6.07) is 11.8. The molecule has 1 N–H and O–H groups in total. The van der Waals surface area contributed by atoms with Crippen LogP contribution in [0, 0.1) is 6.92 Å². The van der Waals surface area contributed by atoms with Gasteiger partial charge in [-0.05, 0) is 31.2 Å². The van der Waals surface area contributed by atoms with E-state index in [-0.39, 0.29) is 17.4 Å². The van der Waals surface area contributed by atoms with Crippen molar-refractivity contribution in [2.24, 2.45) is 0 Å². The molecule has 0 aliphatic carbocycles. The lowest BCUT2D eigenvalue weighted by Gasteiger charge is -2.19. The molecule has 0 unspecified atom stereocenters. The molecule has 2 aromatic carbocycles. The molecule has 4 rings (SSSR count). The molecule has 0 atom stereocenters. The fourth-order valence-corrected chi connectivity index (χ4v) is 4.34. The van der Waals surface area contributed by atoms with Crippen LogP contribution in [0.1, 0.15) is 34.2 Å². The number of carbonyl (C=O) groups is 2. The number of hydrogen-bond acceptors (Lipinski definition) is 5. The summed E-state index contributed by atoms with van der Waals surface area (Å²) in [6.07, 6.45) is -4.54. The molecule has 0 saturated heterocycles. The van der Waals surface area contributed by atoms with Crippen molar-refractivity contribution in [3.8, 4) is 0 Å². The summed E-state index contributed by atoms with van der Waals surface area (Å²) in [7, 11) is 0. The number of aromatic nitrogens is 2. The second kappa shape index (κ2) is 8.70. The molecule has 0 fully saturated rings. The van der Waals surface area contributed by atoms with Gasteiger partial charge >= 0.3 is 12.1 Å². The minimum atomic E-state index is -4.54. The Morgan fingerprint density at radius 1 is 1.15 bits per heavy atom. The highest BCUT2D eigenvalue weighted by Crippen LogP contribution is 2.35. The maximum absolute atomic E-state index is 13.1. The Balaban J connectivity index is 1.53. The van der Waals surface area contributed by atoms with Gasteiger partial charge in [0.15, 0.2) is 5.13 Å². The summed E-state index contributed by atoms with van der Waals surface area (Å²) in [5.74, 6) is -1.03. The molecule has 170 valence electrons. The molecule has 10 heteroatoms. The molecular formula is C23H18F3N3O3S. The van der Waals surface area contributed by atoms with E-state index in [0.717, 1.165) is 39.3 Å². The quantitative estimate of drug-likeness (QED) is 0.361. The van der Waals surface area contributed by atoms with Crippen LogP contribution >= 0.6 is 11.3 Å². The van der Waals surface area contributed by atoms with Gasteiger partial charge in [-0.15, -0.1) is 11.3 Å². The van der Waals surface area contributed by atoms with E-state index in [1.807, 2.05) is 24.3 Å². The molecule has 0 bridgehead atoms. The maximum atomic E-state index is 13.1. The Labute approximate surface area is 190 Å². The second-order valence-electron chi connectivity index (χ2n) is 7.27. The monoisotopic (exact) mass is 473 g/mol. The summed E-state index contributed by atoms with van der Waals surface area (Å²) >= 11 is 1.06. The molecule has 33 heavy (non-hydrogen) atoms. The zero-order chi connectivity index (χ0) is 23.8. The first-order chi connectivity index (χ1) is 15.6. The van der Waals surface area contributed by atoms with Crippen LogP contribution in [0.2, 0.25) is 0 Å². The largest absolute Gasteiger partial charge is 0.455 e. The third-order valence-electron chi connectivity index (χ3n) is 4.93. The van der Waals surface area contributed by atoms with Crippen LogP contribution in [0.4, 0.5) is 24.0 Å². The Kier molecular flexibility index (Phi) is 5.94. The lowest BCUT2D eigenvalue weighted by Crippen LogP contribution is -2.23. The standard InChI is InChI=1S/C23H18F3N3O3S/c1-13-20(18-8-3-4-9-19(18)27-13)21(31)32-11-16-12-33-22(28-16)29(14(2)30)17-7-5-6-15(10-17)23(24,25)26/h3-10,12,27H,11H2,1-2H3. The Morgan fingerprint density at radius 3 is 2.64 bits per heavy atom. The Bertz CT molecular complexity index is 1340. The van der Waals surface area contributed by atoms with Gasteiger partial charge in [-0.25, -0.2) is 9.78 Å². The fourth-order valence-electron chi connectivity index (χ4n) is 3.46. The molecular weight excluding hydrogens is 455 g/mol. The first-order valence-electron chi connectivity index (χ1n) is 9.82. The van der Waals surface area contributed by atoms with E-state index in [2.05, 4.69) is 9.97 Å². The lowest BCUT2D eigenvalue weighted by molar-refractivity contribution is -0.137. The number of fused-ring (bicyclic) bond motifs is 1. The number of alkyl halides is 3. The molecule has 2 heterocycles. The number of para-hydroxylation sites is 1. The van der Waals surface area contributed by atoms with Gasteiger partial charge < -0.3 is 9.72 Å². The van der Waals surface area contributed by atoms with Crippen molar-refractivity contribution in [1.29, 1.82) is 0 Å². The molecule has 6 nitrogen and oxygen atoms in total. The third kappa shape index (κ3) is 4.61. The molecule has 0 radical (unpaired) electrons. The maximum Gasteiger partial charge on any atom is 0.416 e. The highest BCUT2D eigenvalue weighted by atomic mass is 32.1. The fraction of sp³-hybridized carbons (Fsp3) is 0.174. The highest BCUT2D eigenvalue weighted by Gasteiger charge is 2.31. The van der Waals surface area contributed by atoms with Gasteiger partial charge in [-0.2, -0.15) is 13.2 Å². The zero-order valence-electron chi connectivity index (χ0n) is 17.6. The number of ether oxygens (including phenoxy) is 1. The summed E-state index contributed by atoms with van der Waals surface area (Å²) in [5, 5.41) is 2.51. The molecule has 0 aliphatic rings. The van der Waals surface area contributed by atoms with E-state index in [1.54, 1.807) is 12.3 Å². The van der Waals surface area contributed by atoms with Gasteiger partial charge in [0.05, 0.1) is 22.5 Å². The van der Waals surface area contributed by atoms with E-state index >= 15 is 0 Å². The smallest absolute Gasteiger partial charge is 0.416 e. The molecule has 0 spiro atoms. The van der Waals surface area contributed by atoms with Crippen LogP contribution < -0.4 is 4.90 Å². The summed E-state index contributed by atoms with van der Waals surface area (Å²) in [4.78, 5) is 33.4. The molecule has 0 aliphatic heterocycles. The Hall–Kier alpha value is -3.66. The van der Waals surface area contributed by atoms with Gasteiger partial charge in [0.1, 0.15) is 6.61 Å². The number of hydrogen-bond donors (Lipinski definition) is 1. The topological polar surface area (TPSA) is 75.3 Å². The van der Waals surface area contributed by atoms with E-state index in [9.17, 15) is 22.8 Å². The van der Waals surface area contributed by atoms with Gasteiger partial charge in [0.25, 0.3) is 0 Å². The van der Waals surface area contributed by atoms with Gasteiger partial charge in [0, 0.05) is 28.9 Å². The summed E-state index contributed by atoms with van der Waals surface area (Å²) in [5.41, 5.74) is 1.47. The number of aryl methyl sites for hydroxylation is 1. The van der Waals surface area contributed by atoms with Crippen molar-refractivity contribution in [2.45, 2.75) is 26.6 Å². The number of benzene rings is 2.